The van der Waals surface area contributed by atoms with Crippen molar-refractivity contribution >= 4 is 0 Å². The normalized spacial score (nSPS) is 24.9. The van der Waals surface area contributed by atoms with E-state index in [1.807, 2.05) is 0 Å². The fourth-order valence-corrected chi connectivity index (χ4v) is 3.30. The van der Waals surface area contributed by atoms with Crippen molar-refractivity contribution < 1.29 is 4.74 Å². The van der Waals surface area contributed by atoms with Crippen molar-refractivity contribution in [1.29, 1.82) is 0 Å². The Morgan fingerprint density at radius 2 is 2.05 bits per heavy atom. The summed E-state index contributed by atoms with van der Waals surface area (Å²) in [4.78, 5) is 2.60. The number of hydrogen-bond acceptors (Lipinski definition) is 3. The van der Waals surface area contributed by atoms with Crippen molar-refractivity contribution in [2.24, 2.45) is 0 Å². The standard InChI is InChI=1S/C18H30N2O/c1-4-9-17-14-20(13-15(3)21-5-2)18(12-19-17)16-10-7-6-8-11-16/h6-8,10-11,15,17-19H,4-5,9,12-14H2,1-3H3. The van der Waals surface area contributed by atoms with Crippen LogP contribution in [-0.4, -0.2) is 43.3 Å². The minimum Gasteiger partial charge on any atom is -0.377 e. The van der Waals surface area contributed by atoms with Gasteiger partial charge in [0.05, 0.1) is 6.10 Å². The summed E-state index contributed by atoms with van der Waals surface area (Å²) in [6, 6.07) is 11.9. The molecule has 0 aromatic heterocycles. The molecule has 0 radical (unpaired) electrons. The molecule has 3 nitrogen and oxygen atoms in total. The lowest BCUT2D eigenvalue weighted by atomic mass is 9.99. The van der Waals surface area contributed by atoms with E-state index in [9.17, 15) is 0 Å². The molecule has 3 heteroatoms. The molecule has 1 aromatic rings. The molecule has 0 aliphatic carbocycles. The van der Waals surface area contributed by atoms with E-state index in [0.29, 0.717) is 18.2 Å². The second-order valence-electron chi connectivity index (χ2n) is 6.04. The Morgan fingerprint density at radius 1 is 1.29 bits per heavy atom. The molecule has 0 amide bonds. The maximum atomic E-state index is 5.76. The van der Waals surface area contributed by atoms with Crippen LogP contribution in [0.2, 0.25) is 0 Å². The van der Waals surface area contributed by atoms with Crippen LogP contribution in [0.1, 0.15) is 45.2 Å². The Kier molecular flexibility index (Phi) is 6.68. The van der Waals surface area contributed by atoms with E-state index < -0.39 is 0 Å². The van der Waals surface area contributed by atoms with Crippen LogP contribution in [0.25, 0.3) is 0 Å². The molecule has 3 atom stereocenters. The number of nitrogens with one attached hydrogen (secondary N) is 1. The van der Waals surface area contributed by atoms with E-state index >= 15 is 0 Å². The molecule has 1 saturated heterocycles. The summed E-state index contributed by atoms with van der Waals surface area (Å²) in [7, 11) is 0. The predicted octanol–water partition coefficient (Wildman–Crippen LogP) is 3.23. The average Bonchev–Trinajstić information content (AvgIpc) is 2.49. The summed E-state index contributed by atoms with van der Waals surface area (Å²) >= 11 is 0. The molecule has 0 spiro atoms. The number of nitrogens with zero attached hydrogens (tertiary/aromatic N) is 1. The first-order chi connectivity index (χ1) is 10.2. The largest absolute Gasteiger partial charge is 0.377 e. The summed E-state index contributed by atoms with van der Waals surface area (Å²) in [5.41, 5.74) is 1.41. The average molecular weight is 290 g/mol. The van der Waals surface area contributed by atoms with Gasteiger partial charge in [0.25, 0.3) is 0 Å². The Hall–Kier alpha value is -0.900. The second kappa shape index (κ2) is 8.52. The lowest BCUT2D eigenvalue weighted by Gasteiger charge is -2.41. The van der Waals surface area contributed by atoms with Gasteiger partial charge in [0.2, 0.25) is 0 Å². The van der Waals surface area contributed by atoms with E-state index in [1.54, 1.807) is 0 Å². The summed E-state index contributed by atoms with van der Waals surface area (Å²) in [5, 5.41) is 3.72. The zero-order valence-electron chi connectivity index (χ0n) is 13.7. The summed E-state index contributed by atoms with van der Waals surface area (Å²) in [6.45, 7) is 10.5. The first-order valence-electron chi connectivity index (χ1n) is 8.38. The summed E-state index contributed by atoms with van der Waals surface area (Å²) in [6.07, 6.45) is 2.78. The maximum Gasteiger partial charge on any atom is 0.0673 e. The van der Waals surface area contributed by atoms with Crippen molar-refractivity contribution in [2.75, 3.05) is 26.2 Å². The SMILES string of the molecule is CCCC1CN(CC(C)OCC)C(c2ccccc2)CN1. The Morgan fingerprint density at radius 3 is 2.71 bits per heavy atom. The van der Waals surface area contributed by atoms with Crippen LogP contribution in [-0.2, 0) is 4.74 Å². The highest BCUT2D eigenvalue weighted by atomic mass is 16.5. The molecule has 1 N–H and O–H groups in total. The minimum atomic E-state index is 0.293. The van der Waals surface area contributed by atoms with Crippen molar-refractivity contribution in [3.63, 3.8) is 0 Å². The van der Waals surface area contributed by atoms with Crippen LogP contribution in [0.4, 0.5) is 0 Å². The topological polar surface area (TPSA) is 24.5 Å². The molecule has 21 heavy (non-hydrogen) atoms. The van der Waals surface area contributed by atoms with E-state index in [2.05, 4.69) is 61.3 Å². The van der Waals surface area contributed by atoms with Crippen molar-refractivity contribution in [3.8, 4) is 0 Å². The van der Waals surface area contributed by atoms with Gasteiger partial charge in [-0.2, -0.15) is 0 Å². The Bertz CT molecular complexity index is 393. The predicted molar refractivity (Wildman–Crippen MR) is 88.5 cm³/mol. The van der Waals surface area contributed by atoms with Gasteiger partial charge >= 0.3 is 0 Å². The molecule has 0 saturated carbocycles. The van der Waals surface area contributed by atoms with Gasteiger partial charge in [-0.25, -0.2) is 0 Å². The van der Waals surface area contributed by atoms with Gasteiger partial charge in [-0.1, -0.05) is 43.7 Å². The fourth-order valence-electron chi connectivity index (χ4n) is 3.30. The molecular formula is C18H30N2O. The third-order valence-electron chi connectivity index (χ3n) is 4.26. The lowest BCUT2D eigenvalue weighted by molar-refractivity contribution is 0.0189. The number of piperazine rings is 1. The second-order valence-corrected chi connectivity index (χ2v) is 6.04. The van der Waals surface area contributed by atoms with E-state index in [-0.39, 0.29) is 0 Å². The highest BCUT2D eigenvalue weighted by Gasteiger charge is 2.29. The third-order valence-corrected chi connectivity index (χ3v) is 4.26. The van der Waals surface area contributed by atoms with Crippen LogP contribution < -0.4 is 5.32 Å². The summed E-state index contributed by atoms with van der Waals surface area (Å²) < 4.78 is 5.76. The molecule has 0 bridgehead atoms. The van der Waals surface area contributed by atoms with E-state index in [4.69, 9.17) is 4.74 Å². The Balaban J connectivity index is 2.06. The van der Waals surface area contributed by atoms with Crippen LogP contribution >= 0.6 is 0 Å². The van der Waals surface area contributed by atoms with Gasteiger partial charge in [0.15, 0.2) is 0 Å². The van der Waals surface area contributed by atoms with Crippen LogP contribution in [0.3, 0.4) is 0 Å². The molecule has 1 heterocycles. The third kappa shape index (κ3) is 4.80. The first kappa shape index (κ1) is 16.5. The van der Waals surface area contributed by atoms with Crippen LogP contribution in [0.5, 0.6) is 0 Å². The maximum absolute atomic E-state index is 5.76. The van der Waals surface area contributed by atoms with Crippen molar-refractivity contribution in [1.82, 2.24) is 10.2 Å². The van der Waals surface area contributed by atoms with Crippen molar-refractivity contribution in [3.05, 3.63) is 35.9 Å². The molecular weight excluding hydrogens is 260 g/mol. The molecule has 118 valence electrons. The zero-order valence-corrected chi connectivity index (χ0v) is 13.7. The number of rotatable bonds is 7. The van der Waals surface area contributed by atoms with Gasteiger partial charge in [-0.15, -0.1) is 0 Å². The minimum absolute atomic E-state index is 0.293. The molecule has 1 aliphatic rings. The number of benzene rings is 1. The molecule has 1 aliphatic heterocycles. The lowest BCUT2D eigenvalue weighted by Crippen LogP contribution is -2.53. The Labute approximate surface area is 129 Å². The smallest absolute Gasteiger partial charge is 0.0673 e. The van der Waals surface area contributed by atoms with Crippen LogP contribution in [0, 0.1) is 0 Å². The van der Waals surface area contributed by atoms with E-state index in [0.717, 1.165) is 26.2 Å². The van der Waals surface area contributed by atoms with Gasteiger partial charge in [-0.05, 0) is 25.8 Å². The number of ether oxygens (including phenoxy) is 1. The van der Waals surface area contributed by atoms with Gasteiger partial charge in [0, 0.05) is 38.3 Å². The van der Waals surface area contributed by atoms with Gasteiger partial charge in [-0.3, -0.25) is 4.90 Å². The molecule has 2 rings (SSSR count). The highest BCUT2D eigenvalue weighted by Crippen LogP contribution is 2.25. The molecule has 1 fully saturated rings. The molecule has 3 unspecified atom stereocenters. The van der Waals surface area contributed by atoms with Crippen LogP contribution in [0.15, 0.2) is 30.3 Å². The fraction of sp³-hybridized carbons (Fsp3) is 0.667. The first-order valence-corrected chi connectivity index (χ1v) is 8.38. The highest BCUT2D eigenvalue weighted by molar-refractivity contribution is 5.20. The van der Waals surface area contributed by atoms with Gasteiger partial charge < -0.3 is 10.1 Å². The quantitative estimate of drug-likeness (QED) is 0.834. The monoisotopic (exact) mass is 290 g/mol. The number of hydrogen-bond donors (Lipinski definition) is 1. The van der Waals surface area contributed by atoms with Crippen molar-refractivity contribution in [2.45, 2.75) is 51.8 Å². The zero-order chi connectivity index (χ0) is 15.1. The molecule has 1 aromatic carbocycles. The van der Waals surface area contributed by atoms with Gasteiger partial charge in [0.1, 0.15) is 0 Å². The summed E-state index contributed by atoms with van der Waals surface area (Å²) in [5.74, 6) is 0. The van der Waals surface area contributed by atoms with E-state index in [1.165, 1.54) is 18.4 Å².